The maximum atomic E-state index is 13.3. The van der Waals surface area contributed by atoms with Gasteiger partial charge in [-0.25, -0.2) is 9.97 Å². The van der Waals surface area contributed by atoms with E-state index in [0.717, 1.165) is 69.2 Å². The first-order valence-electron chi connectivity index (χ1n) is 20.2. The summed E-state index contributed by atoms with van der Waals surface area (Å²) in [6.07, 6.45) is 7.27. The van der Waals surface area contributed by atoms with Crippen molar-refractivity contribution in [2.75, 3.05) is 90.5 Å². The van der Waals surface area contributed by atoms with Crippen LogP contribution in [0.4, 0.5) is 11.6 Å². The number of anilines is 2. The highest BCUT2D eigenvalue weighted by atomic mass is 35.5. The number of aryl methyl sites for hydroxylation is 2. The van der Waals surface area contributed by atoms with E-state index < -0.39 is 5.91 Å². The zero-order chi connectivity index (χ0) is 41.6. The van der Waals surface area contributed by atoms with E-state index in [1.165, 1.54) is 11.1 Å². The summed E-state index contributed by atoms with van der Waals surface area (Å²) in [5.41, 5.74) is 14.0. The van der Waals surface area contributed by atoms with E-state index in [0.29, 0.717) is 50.4 Å². The number of nitrogens with two attached hydrogens (primary N) is 2. The lowest BCUT2D eigenvalue weighted by molar-refractivity contribution is -0.933. The minimum atomic E-state index is -0.427. The van der Waals surface area contributed by atoms with Gasteiger partial charge in [-0.2, -0.15) is 0 Å². The maximum Gasteiger partial charge on any atom is 0.274 e. The number of hydrogen-bond donors (Lipinski definition) is 5. The summed E-state index contributed by atoms with van der Waals surface area (Å²) in [5, 5.41) is 20.6. The molecule has 1 aliphatic rings. The molecule has 1 aliphatic heterocycles. The standard InChI is InChI=1S/C42H59ClN6O9/c43-39-41(45)48-40(44)38(47-39)42(54)46-33-8-3-21-49(28-33,19-1-6-31-11-15-36(16-12-31)57-29-34(52)9-4-24-55-26-22-50)20-2-7-32-13-17-37(18-14-32)58-30-35(53)10-5-25-56-27-23-51/h11-18,33,50-51H,1-10,19-30H2,(H4-,44,45,46,48,54)/p+1/t33-/m0/s1. The summed E-state index contributed by atoms with van der Waals surface area (Å²) >= 11 is 6.07. The number of aromatic nitrogens is 2. The number of benzene rings is 2. The number of quaternary nitrogens is 1. The Bertz CT molecular complexity index is 1640. The number of Topliss-reactive ketones (excluding diaryl/α,β-unsaturated/α-hetero) is 2. The van der Waals surface area contributed by atoms with Crippen LogP contribution in [0.5, 0.6) is 11.5 Å². The fourth-order valence-corrected chi connectivity index (χ4v) is 7.24. The number of likely N-dealkylation sites (tertiary alicyclic amines) is 1. The van der Waals surface area contributed by atoms with Crippen molar-refractivity contribution >= 4 is 40.7 Å². The Balaban J connectivity index is 1.31. The highest BCUT2D eigenvalue weighted by Gasteiger charge is 2.35. The van der Waals surface area contributed by atoms with Crippen LogP contribution in [0, 0.1) is 0 Å². The topological polar surface area (TPSA) is 218 Å². The van der Waals surface area contributed by atoms with Gasteiger partial charge in [-0.1, -0.05) is 35.9 Å². The molecule has 0 bridgehead atoms. The van der Waals surface area contributed by atoms with Crippen molar-refractivity contribution in [3.63, 3.8) is 0 Å². The number of piperidine rings is 1. The van der Waals surface area contributed by atoms with Gasteiger partial charge >= 0.3 is 0 Å². The van der Waals surface area contributed by atoms with Crippen LogP contribution >= 0.6 is 11.6 Å². The normalized spacial score (nSPS) is 14.8. The molecule has 1 saturated heterocycles. The average Bonchev–Trinajstić information content (AvgIpc) is 3.21. The first-order valence-corrected chi connectivity index (χ1v) is 20.6. The highest BCUT2D eigenvalue weighted by molar-refractivity contribution is 6.31. The van der Waals surface area contributed by atoms with Crippen molar-refractivity contribution in [2.24, 2.45) is 0 Å². The summed E-state index contributed by atoms with van der Waals surface area (Å²) < 4.78 is 22.7. The number of carbonyl (C=O) groups is 3. The van der Waals surface area contributed by atoms with Gasteiger partial charge in [-0.15, -0.1) is 0 Å². The number of aliphatic hydroxyl groups excluding tert-OH is 2. The molecule has 0 unspecified atom stereocenters. The molecule has 1 aromatic heterocycles. The molecular weight excluding hydrogens is 768 g/mol. The second-order valence-electron chi connectivity index (χ2n) is 14.7. The Hall–Kier alpha value is -4.38. The smallest absolute Gasteiger partial charge is 0.274 e. The molecule has 0 spiro atoms. The lowest BCUT2D eigenvalue weighted by atomic mass is 9.99. The molecular formula is C42H60ClN6O9+. The summed E-state index contributed by atoms with van der Waals surface area (Å²) in [6.45, 7) is 4.94. The van der Waals surface area contributed by atoms with E-state index in [2.05, 4.69) is 15.3 Å². The average molecular weight is 828 g/mol. The number of ketones is 2. The van der Waals surface area contributed by atoms with Crippen LogP contribution in [-0.4, -0.2) is 127 Å². The van der Waals surface area contributed by atoms with Gasteiger partial charge in [-0.05, 0) is 73.9 Å². The molecule has 318 valence electrons. The Kier molecular flexibility index (Phi) is 20.1. The van der Waals surface area contributed by atoms with Crippen LogP contribution in [0.1, 0.15) is 73.0 Å². The monoisotopic (exact) mass is 827 g/mol. The highest BCUT2D eigenvalue weighted by Crippen LogP contribution is 2.25. The molecule has 3 aromatic rings. The minimum Gasteiger partial charge on any atom is -0.486 e. The van der Waals surface area contributed by atoms with E-state index in [1.807, 2.05) is 48.5 Å². The van der Waals surface area contributed by atoms with E-state index in [-0.39, 0.29) is 79.7 Å². The Morgan fingerprint density at radius 3 is 1.76 bits per heavy atom. The van der Waals surface area contributed by atoms with Crippen LogP contribution in [0.15, 0.2) is 48.5 Å². The summed E-state index contributed by atoms with van der Waals surface area (Å²) in [5.74, 6) is 0.763. The lowest BCUT2D eigenvalue weighted by Crippen LogP contribution is -2.60. The second kappa shape index (κ2) is 25.2. The van der Waals surface area contributed by atoms with Gasteiger partial charge in [0.15, 0.2) is 34.0 Å². The van der Waals surface area contributed by atoms with Crippen molar-refractivity contribution < 1.29 is 48.0 Å². The number of nitrogens with zero attached hydrogens (tertiary/aromatic N) is 3. The van der Waals surface area contributed by atoms with Gasteiger partial charge in [0.1, 0.15) is 24.7 Å². The molecule has 0 aliphatic carbocycles. The van der Waals surface area contributed by atoms with Crippen molar-refractivity contribution in [1.82, 2.24) is 15.3 Å². The van der Waals surface area contributed by atoms with Gasteiger partial charge in [0.25, 0.3) is 5.91 Å². The molecule has 16 heteroatoms. The number of halogens is 1. The Morgan fingerprint density at radius 1 is 0.741 bits per heavy atom. The van der Waals surface area contributed by atoms with Crippen LogP contribution in [0.25, 0.3) is 0 Å². The molecule has 2 heterocycles. The second-order valence-corrected chi connectivity index (χ2v) is 15.0. The quantitative estimate of drug-likeness (QED) is 0.0521. The largest absolute Gasteiger partial charge is 0.486 e. The van der Waals surface area contributed by atoms with Gasteiger partial charge in [0, 0.05) is 38.9 Å². The third kappa shape index (κ3) is 16.5. The van der Waals surface area contributed by atoms with Gasteiger partial charge in [0.05, 0.1) is 58.6 Å². The number of ether oxygens (including phenoxy) is 4. The van der Waals surface area contributed by atoms with Crippen LogP contribution in [-0.2, 0) is 31.9 Å². The summed E-state index contributed by atoms with van der Waals surface area (Å²) in [6, 6.07) is 15.6. The Labute approximate surface area is 345 Å². The zero-order valence-electron chi connectivity index (χ0n) is 33.4. The molecule has 58 heavy (non-hydrogen) atoms. The van der Waals surface area contributed by atoms with E-state index in [4.69, 9.17) is 52.2 Å². The van der Waals surface area contributed by atoms with Crippen LogP contribution in [0.3, 0.4) is 0 Å². The first kappa shape index (κ1) is 46.3. The van der Waals surface area contributed by atoms with Crippen molar-refractivity contribution in [3.05, 3.63) is 70.5 Å². The predicted molar refractivity (Wildman–Crippen MR) is 221 cm³/mol. The van der Waals surface area contributed by atoms with Crippen molar-refractivity contribution in [1.29, 1.82) is 0 Å². The number of hydrogen-bond acceptors (Lipinski definition) is 13. The predicted octanol–water partition coefficient (Wildman–Crippen LogP) is 3.74. The molecule has 4 rings (SSSR count). The van der Waals surface area contributed by atoms with Crippen molar-refractivity contribution in [3.8, 4) is 11.5 Å². The van der Waals surface area contributed by atoms with E-state index >= 15 is 0 Å². The maximum absolute atomic E-state index is 13.3. The van der Waals surface area contributed by atoms with Crippen LogP contribution < -0.4 is 26.3 Å². The zero-order valence-corrected chi connectivity index (χ0v) is 34.1. The van der Waals surface area contributed by atoms with Gasteiger partial charge in [-0.3, -0.25) is 14.4 Å². The van der Waals surface area contributed by atoms with Gasteiger partial charge < -0.3 is 50.4 Å². The molecule has 1 fully saturated rings. The first-order chi connectivity index (χ1) is 28.1. The molecule has 2 aromatic carbocycles. The number of amides is 1. The molecule has 7 N–H and O–H groups in total. The summed E-state index contributed by atoms with van der Waals surface area (Å²) in [4.78, 5) is 45.8. The Morgan fingerprint density at radius 2 is 1.26 bits per heavy atom. The number of nitrogens with one attached hydrogen (secondary N) is 1. The fraction of sp³-hybridized carbons (Fsp3) is 0.548. The summed E-state index contributed by atoms with van der Waals surface area (Å²) in [7, 11) is 0. The number of nitrogen functional groups attached to an aromatic ring is 2. The third-order valence-electron chi connectivity index (χ3n) is 10.0. The number of aliphatic hydroxyl groups is 2. The number of rotatable bonds is 28. The molecule has 1 amide bonds. The van der Waals surface area contributed by atoms with Crippen molar-refractivity contribution in [2.45, 2.75) is 70.3 Å². The SMILES string of the molecule is Nc1nc(N)c(C(=O)N[C@H]2CCC[N+](CCCc3ccc(OCC(=O)CCCOCCO)cc3)(CCCc3ccc(OCC(=O)CCCOCCO)cc3)C2)nc1Cl. The van der Waals surface area contributed by atoms with Gasteiger partial charge in [0.2, 0.25) is 0 Å². The van der Waals surface area contributed by atoms with E-state index in [1.54, 1.807) is 0 Å². The minimum absolute atomic E-state index is 0.000723. The molecule has 15 nitrogen and oxygen atoms in total. The van der Waals surface area contributed by atoms with E-state index in [9.17, 15) is 14.4 Å². The fourth-order valence-electron chi connectivity index (χ4n) is 7.11. The molecule has 0 radical (unpaired) electrons. The van der Waals surface area contributed by atoms with Crippen LogP contribution in [0.2, 0.25) is 5.15 Å². The number of carbonyl (C=O) groups excluding carboxylic acids is 3. The third-order valence-corrected chi connectivity index (χ3v) is 10.3. The lowest BCUT2D eigenvalue weighted by Gasteiger charge is -2.45. The molecule has 1 atom stereocenters. The molecule has 0 saturated carbocycles.